The van der Waals surface area contributed by atoms with Gasteiger partial charge in [0.25, 0.3) is 6.71 Å². The molecule has 10 aromatic rings. The van der Waals surface area contributed by atoms with Crippen LogP contribution in [-0.4, -0.2) is 14.8 Å². The molecule has 2 aliphatic rings. The third-order valence-electron chi connectivity index (χ3n) is 13.8. The molecular weight excluding hydrogens is 838 g/mol. The Bertz CT molecular complexity index is 3350. The van der Waals surface area contributed by atoms with Gasteiger partial charge >= 0.3 is 0 Å². The van der Waals surface area contributed by atoms with Crippen molar-refractivity contribution in [3.63, 3.8) is 0 Å². The van der Waals surface area contributed by atoms with Crippen LogP contribution in [0.3, 0.4) is 0 Å². The van der Waals surface area contributed by atoms with Crippen molar-refractivity contribution >= 4 is 87.5 Å². The summed E-state index contributed by atoms with van der Waals surface area (Å²) in [6.45, 7) is 7.36. The summed E-state index contributed by atoms with van der Waals surface area (Å²) < 4.78 is 0. The van der Waals surface area contributed by atoms with Gasteiger partial charge in [-0.3, -0.25) is 0 Å². The van der Waals surface area contributed by atoms with Crippen LogP contribution in [0.4, 0.5) is 51.2 Å². The molecule has 0 unspecified atom stereocenters. The van der Waals surface area contributed by atoms with E-state index in [1.807, 2.05) is 0 Å². The Hall–Kier alpha value is -8.12. The first kappa shape index (κ1) is 41.3. The van der Waals surface area contributed by atoms with Gasteiger partial charge in [-0.05, 0) is 93.7 Å². The minimum Gasteiger partial charge on any atom is -0.311 e. The van der Waals surface area contributed by atoms with Crippen LogP contribution in [0.25, 0.3) is 33.4 Å². The quantitative estimate of drug-likeness (QED) is 0.134. The van der Waals surface area contributed by atoms with Gasteiger partial charge < -0.3 is 14.7 Å². The number of nitrogens with zero attached hydrogens (tertiary/aromatic N) is 3. The van der Waals surface area contributed by atoms with Crippen molar-refractivity contribution in [3.05, 3.63) is 249 Å². The van der Waals surface area contributed by atoms with E-state index in [4.69, 9.17) is 0 Å². The van der Waals surface area contributed by atoms with E-state index in [1.54, 1.807) is 0 Å². The molecule has 10 aromatic carbocycles. The van der Waals surface area contributed by atoms with Gasteiger partial charge in [-0.1, -0.05) is 213 Å². The SMILES string of the molecule is C[Si](C)(C)c1ccc2c(c1)B1c3ccc(N(c4ccccc4)c4ccccc4)cc3N(c3c(-c4ccccc4)cccc3-c3ccccc3)c3cccc(c31)N2c1ccccc1-c1ccccc1. The molecular formula is C63H50BN3Si. The normalized spacial score (nSPS) is 12.5. The molecule has 2 heterocycles. The zero-order valence-corrected chi connectivity index (χ0v) is 39.6. The first-order valence-corrected chi connectivity index (χ1v) is 27.2. The van der Waals surface area contributed by atoms with Gasteiger partial charge in [-0.15, -0.1) is 0 Å². The molecule has 0 aliphatic carbocycles. The molecule has 0 aromatic heterocycles. The van der Waals surface area contributed by atoms with Crippen molar-refractivity contribution in [1.29, 1.82) is 0 Å². The lowest BCUT2D eigenvalue weighted by Crippen LogP contribution is -2.62. The monoisotopic (exact) mass is 887 g/mol. The standard InChI is InChI=1S/C63H50BN3Si/c1-68(2,3)51-40-42-58-56(44-51)64-55-41-39-50(65(48-29-15-7-16-30-48)49-31-17-8-18-32-49)43-61(55)67(63-53(46-25-11-5-12-26-46)34-21-35-54(63)47-27-13-6-14-28-47)60-38-22-37-59(62(60)64)66(58)57-36-20-19-33-52(57)45-23-9-4-10-24-45/h4-44H,1-3H3. The van der Waals surface area contributed by atoms with Crippen molar-refractivity contribution in [1.82, 2.24) is 0 Å². The zero-order chi connectivity index (χ0) is 45.8. The molecule has 0 atom stereocenters. The van der Waals surface area contributed by atoms with Crippen LogP contribution in [0.1, 0.15) is 0 Å². The fourth-order valence-electron chi connectivity index (χ4n) is 10.6. The second-order valence-corrected chi connectivity index (χ2v) is 24.0. The number of rotatable bonds is 9. The van der Waals surface area contributed by atoms with Gasteiger partial charge in [0.1, 0.15) is 0 Å². The van der Waals surface area contributed by atoms with Gasteiger partial charge in [0, 0.05) is 56.5 Å². The van der Waals surface area contributed by atoms with Gasteiger partial charge in [0.05, 0.1) is 19.4 Å². The summed E-state index contributed by atoms with van der Waals surface area (Å²) in [6, 6.07) is 91.7. The molecule has 0 amide bonds. The molecule has 68 heavy (non-hydrogen) atoms. The molecule has 0 radical (unpaired) electrons. The van der Waals surface area contributed by atoms with Crippen molar-refractivity contribution in [2.75, 3.05) is 14.7 Å². The Balaban J connectivity index is 1.20. The summed E-state index contributed by atoms with van der Waals surface area (Å²) in [6.07, 6.45) is 0. The van der Waals surface area contributed by atoms with Crippen LogP contribution in [0.15, 0.2) is 249 Å². The lowest BCUT2D eigenvalue weighted by molar-refractivity contribution is 1.24. The largest absolute Gasteiger partial charge is 0.311 e. The van der Waals surface area contributed by atoms with E-state index in [9.17, 15) is 0 Å². The van der Waals surface area contributed by atoms with E-state index < -0.39 is 8.07 Å². The lowest BCUT2D eigenvalue weighted by Gasteiger charge is -2.45. The van der Waals surface area contributed by atoms with E-state index in [0.717, 1.165) is 34.1 Å². The van der Waals surface area contributed by atoms with Gasteiger partial charge in [0.2, 0.25) is 0 Å². The second kappa shape index (κ2) is 16.9. The van der Waals surface area contributed by atoms with Crippen molar-refractivity contribution in [2.24, 2.45) is 0 Å². The fourth-order valence-corrected chi connectivity index (χ4v) is 11.8. The molecule has 5 heteroatoms. The Kier molecular flexibility index (Phi) is 10.3. The minimum atomic E-state index is -1.77. The lowest BCUT2D eigenvalue weighted by atomic mass is 9.33. The highest BCUT2D eigenvalue weighted by Crippen LogP contribution is 2.51. The molecule has 0 saturated carbocycles. The van der Waals surface area contributed by atoms with E-state index in [-0.39, 0.29) is 6.71 Å². The van der Waals surface area contributed by atoms with Crippen LogP contribution in [0, 0.1) is 0 Å². The van der Waals surface area contributed by atoms with Crippen LogP contribution >= 0.6 is 0 Å². The summed E-state index contributed by atoms with van der Waals surface area (Å²) in [5.41, 5.74) is 21.4. The third-order valence-corrected chi connectivity index (χ3v) is 15.8. The van der Waals surface area contributed by atoms with Crippen molar-refractivity contribution < 1.29 is 0 Å². The Morgan fingerprint density at radius 3 is 1.38 bits per heavy atom. The molecule has 3 nitrogen and oxygen atoms in total. The van der Waals surface area contributed by atoms with Gasteiger partial charge in [-0.2, -0.15) is 0 Å². The first-order chi connectivity index (χ1) is 33.4. The molecule has 0 N–H and O–H groups in total. The second-order valence-electron chi connectivity index (χ2n) is 18.9. The summed E-state index contributed by atoms with van der Waals surface area (Å²) in [7, 11) is -1.77. The Morgan fingerprint density at radius 2 is 0.809 bits per heavy atom. The number of hydrogen-bond donors (Lipinski definition) is 0. The number of para-hydroxylation sites is 4. The third kappa shape index (κ3) is 7.06. The molecule has 0 spiro atoms. The van der Waals surface area contributed by atoms with E-state index in [0.29, 0.717) is 0 Å². The number of fused-ring (bicyclic) bond motifs is 4. The average Bonchev–Trinajstić information content (AvgIpc) is 3.39. The zero-order valence-electron chi connectivity index (χ0n) is 38.6. The summed E-state index contributed by atoms with van der Waals surface area (Å²) >= 11 is 0. The molecule has 12 rings (SSSR count). The molecule has 0 bridgehead atoms. The maximum atomic E-state index is 2.61. The highest BCUT2D eigenvalue weighted by atomic mass is 28.3. The molecule has 324 valence electrons. The van der Waals surface area contributed by atoms with Gasteiger partial charge in [-0.25, -0.2) is 0 Å². The smallest absolute Gasteiger partial charge is 0.252 e. The summed E-state index contributed by atoms with van der Waals surface area (Å²) in [4.78, 5) is 7.57. The van der Waals surface area contributed by atoms with E-state index in [1.165, 1.54) is 72.0 Å². The fraction of sp³-hybridized carbons (Fsp3) is 0.0476. The number of hydrogen-bond acceptors (Lipinski definition) is 3. The molecule has 0 saturated heterocycles. The molecule has 2 aliphatic heterocycles. The Labute approximate surface area is 402 Å². The van der Waals surface area contributed by atoms with Crippen molar-refractivity contribution in [2.45, 2.75) is 19.6 Å². The predicted octanol–water partition coefficient (Wildman–Crippen LogP) is 14.8. The highest BCUT2D eigenvalue weighted by Gasteiger charge is 2.45. The van der Waals surface area contributed by atoms with Crippen LogP contribution in [0.5, 0.6) is 0 Å². The van der Waals surface area contributed by atoms with E-state index in [2.05, 4.69) is 283 Å². The predicted molar refractivity (Wildman–Crippen MR) is 294 cm³/mol. The minimum absolute atomic E-state index is 0.0427. The maximum Gasteiger partial charge on any atom is 0.252 e. The number of benzene rings is 10. The van der Waals surface area contributed by atoms with Gasteiger partial charge in [0.15, 0.2) is 0 Å². The summed E-state index contributed by atoms with van der Waals surface area (Å²) in [5, 5.41) is 1.45. The topological polar surface area (TPSA) is 9.72 Å². The number of anilines is 9. The van der Waals surface area contributed by atoms with E-state index >= 15 is 0 Å². The van der Waals surface area contributed by atoms with Crippen LogP contribution in [-0.2, 0) is 0 Å². The summed E-state index contributed by atoms with van der Waals surface area (Å²) in [5.74, 6) is 0. The van der Waals surface area contributed by atoms with Crippen LogP contribution in [0.2, 0.25) is 19.6 Å². The van der Waals surface area contributed by atoms with Crippen LogP contribution < -0.4 is 36.3 Å². The maximum absolute atomic E-state index is 2.61. The molecule has 0 fully saturated rings. The highest BCUT2D eigenvalue weighted by molar-refractivity contribution is 7.01. The first-order valence-electron chi connectivity index (χ1n) is 23.7. The van der Waals surface area contributed by atoms with Crippen molar-refractivity contribution in [3.8, 4) is 33.4 Å². The Morgan fingerprint density at radius 1 is 0.338 bits per heavy atom. The average molecular weight is 888 g/mol.